The van der Waals surface area contributed by atoms with Crippen LogP contribution < -0.4 is 4.90 Å². The molecule has 136 valence electrons. The summed E-state index contributed by atoms with van der Waals surface area (Å²) >= 11 is 3.49. The van der Waals surface area contributed by atoms with Gasteiger partial charge in [-0.25, -0.2) is 4.79 Å². The van der Waals surface area contributed by atoms with Crippen molar-refractivity contribution in [2.24, 2.45) is 0 Å². The number of nitrogens with zero attached hydrogens (tertiary/aromatic N) is 3. The van der Waals surface area contributed by atoms with Crippen LogP contribution in [0.3, 0.4) is 0 Å². The van der Waals surface area contributed by atoms with Crippen molar-refractivity contribution in [2.75, 3.05) is 25.0 Å². The van der Waals surface area contributed by atoms with Crippen LogP contribution in [0.1, 0.15) is 33.6 Å². The van der Waals surface area contributed by atoms with Gasteiger partial charge in [0.05, 0.1) is 5.52 Å². The molecule has 7 heteroatoms. The molecule has 0 bridgehead atoms. The Morgan fingerprint density at radius 1 is 1.36 bits per heavy atom. The van der Waals surface area contributed by atoms with E-state index in [0.717, 1.165) is 34.0 Å². The molecular weight excluding hydrogens is 384 g/mol. The van der Waals surface area contributed by atoms with Gasteiger partial charge in [0.2, 0.25) is 0 Å². The molecule has 25 heavy (non-hydrogen) atoms. The van der Waals surface area contributed by atoms with E-state index < -0.39 is 5.60 Å². The summed E-state index contributed by atoms with van der Waals surface area (Å²) in [5.41, 5.74) is 0.565. The summed E-state index contributed by atoms with van der Waals surface area (Å²) in [7, 11) is 2.07. The maximum atomic E-state index is 12.2. The van der Waals surface area contributed by atoms with Crippen molar-refractivity contribution >= 4 is 38.7 Å². The smallest absolute Gasteiger partial charge is 0.410 e. The summed E-state index contributed by atoms with van der Waals surface area (Å²) in [6.07, 6.45) is 1.59. The lowest BCUT2D eigenvalue weighted by Gasteiger charge is -2.37. The largest absolute Gasteiger partial charge is 0.444 e. The van der Waals surface area contributed by atoms with Gasteiger partial charge < -0.3 is 14.5 Å². The average molecular weight is 409 g/mol. The molecule has 6 nitrogen and oxygen atoms in total. The Morgan fingerprint density at radius 3 is 2.68 bits per heavy atom. The summed E-state index contributed by atoms with van der Waals surface area (Å²) in [5.74, 6) is 0.957. The van der Waals surface area contributed by atoms with Crippen molar-refractivity contribution in [3.05, 3.63) is 22.7 Å². The number of carbonyl (C=O) groups is 1. The van der Waals surface area contributed by atoms with Crippen LogP contribution in [0.2, 0.25) is 0 Å². The molecular formula is C18H25BrN4O2. The molecule has 0 saturated carbocycles. The standard InChI is InChI=1S/C18H25BrN4O2/c1-18(2,3)25-17(24)23-9-7-13(8-10-23)22(4)16-14-6-5-12(19)11-15(14)20-21-16/h5-6,11,13H,7-10H2,1-4H3,(H,20,21). The predicted octanol–water partition coefficient (Wildman–Crippen LogP) is 4.16. The molecule has 1 aliphatic rings. The van der Waals surface area contributed by atoms with Gasteiger partial charge in [-0.05, 0) is 51.8 Å². The highest BCUT2D eigenvalue weighted by molar-refractivity contribution is 9.10. The van der Waals surface area contributed by atoms with E-state index in [4.69, 9.17) is 4.74 Å². The first-order valence-corrected chi connectivity index (χ1v) is 9.38. The second kappa shape index (κ2) is 6.86. The van der Waals surface area contributed by atoms with Gasteiger partial charge in [-0.1, -0.05) is 15.9 Å². The molecule has 2 heterocycles. The number of amides is 1. The van der Waals surface area contributed by atoms with Crippen molar-refractivity contribution in [3.63, 3.8) is 0 Å². The SMILES string of the molecule is CN(c1n[nH]c2cc(Br)ccc12)C1CCN(C(=O)OC(C)(C)C)CC1. The molecule has 3 rings (SSSR count). The lowest BCUT2D eigenvalue weighted by molar-refractivity contribution is 0.0205. The second-order valence-corrected chi connectivity index (χ2v) is 8.46. The van der Waals surface area contributed by atoms with Gasteiger partial charge in [-0.2, -0.15) is 5.10 Å². The number of anilines is 1. The van der Waals surface area contributed by atoms with Crippen LogP contribution in [0.25, 0.3) is 10.9 Å². The molecule has 1 aliphatic heterocycles. The monoisotopic (exact) mass is 408 g/mol. The number of benzene rings is 1. The summed E-state index contributed by atoms with van der Waals surface area (Å²) in [5, 5.41) is 8.70. The first kappa shape index (κ1) is 18.0. The first-order valence-electron chi connectivity index (χ1n) is 8.59. The number of carbonyl (C=O) groups excluding carboxylic acids is 1. The summed E-state index contributed by atoms with van der Waals surface area (Å²) in [6, 6.07) is 6.49. The molecule has 1 amide bonds. The number of piperidine rings is 1. The van der Waals surface area contributed by atoms with Gasteiger partial charge in [0.15, 0.2) is 5.82 Å². The topological polar surface area (TPSA) is 61.5 Å². The molecule has 2 aromatic rings. The van der Waals surface area contributed by atoms with E-state index in [-0.39, 0.29) is 6.09 Å². The Bertz CT molecular complexity index is 760. The van der Waals surface area contributed by atoms with E-state index in [2.05, 4.69) is 44.1 Å². The van der Waals surface area contributed by atoms with Crippen LogP contribution in [-0.2, 0) is 4.74 Å². The zero-order valence-corrected chi connectivity index (χ0v) is 16.8. The Balaban J connectivity index is 1.65. The van der Waals surface area contributed by atoms with Gasteiger partial charge in [-0.15, -0.1) is 0 Å². The number of hydrogen-bond donors (Lipinski definition) is 1. The van der Waals surface area contributed by atoms with E-state index in [1.807, 2.05) is 32.9 Å². The van der Waals surface area contributed by atoms with Gasteiger partial charge in [0, 0.05) is 36.0 Å². The molecule has 0 aliphatic carbocycles. The Hall–Kier alpha value is -1.76. The minimum Gasteiger partial charge on any atom is -0.444 e. The fourth-order valence-corrected chi connectivity index (χ4v) is 3.54. The molecule has 0 radical (unpaired) electrons. The summed E-state index contributed by atoms with van der Waals surface area (Å²) < 4.78 is 6.50. The van der Waals surface area contributed by atoms with E-state index in [1.54, 1.807) is 4.90 Å². The number of ether oxygens (including phenoxy) is 1. The third kappa shape index (κ3) is 4.08. The Labute approximate surface area is 156 Å². The molecule has 1 fully saturated rings. The highest BCUT2D eigenvalue weighted by Crippen LogP contribution is 2.29. The number of aromatic nitrogens is 2. The number of fused-ring (bicyclic) bond motifs is 1. The Morgan fingerprint density at radius 2 is 2.04 bits per heavy atom. The lowest BCUT2D eigenvalue weighted by Crippen LogP contribution is -2.47. The molecule has 0 unspecified atom stereocenters. The zero-order valence-electron chi connectivity index (χ0n) is 15.2. The summed E-state index contributed by atoms with van der Waals surface area (Å²) in [4.78, 5) is 16.2. The normalized spacial score (nSPS) is 16.3. The highest BCUT2D eigenvalue weighted by atomic mass is 79.9. The predicted molar refractivity (Wildman–Crippen MR) is 103 cm³/mol. The second-order valence-electron chi connectivity index (χ2n) is 7.55. The molecule has 1 aromatic carbocycles. The third-order valence-electron chi connectivity index (χ3n) is 4.50. The van der Waals surface area contributed by atoms with E-state index >= 15 is 0 Å². The minimum absolute atomic E-state index is 0.219. The van der Waals surface area contributed by atoms with Crippen molar-refractivity contribution in [1.29, 1.82) is 0 Å². The van der Waals surface area contributed by atoms with Crippen molar-refractivity contribution < 1.29 is 9.53 Å². The van der Waals surface area contributed by atoms with Crippen LogP contribution >= 0.6 is 15.9 Å². The number of rotatable bonds is 2. The molecule has 1 N–H and O–H groups in total. The van der Waals surface area contributed by atoms with Crippen molar-refractivity contribution in [3.8, 4) is 0 Å². The maximum Gasteiger partial charge on any atom is 0.410 e. The van der Waals surface area contributed by atoms with Crippen LogP contribution in [0.15, 0.2) is 22.7 Å². The molecule has 1 aromatic heterocycles. The van der Waals surface area contributed by atoms with Crippen LogP contribution in [0, 0.1) is 0 Å². The summed E-state index contributed by atoms with van der Waals surface area (Å²) in [6.45, 7) is 7.10. The molecule has 0 spiro atoms. The van der Waals surface area contributed by atoms with E-state index in [1.165, 1.54) is 0 Å². The number of likely N-dealkylation sites (tertiary alicyclic amines) is 1. The van der Waals surface area contributed by atoms with Crippen molar-refractivity contribution in [1.82, 2.24) is 15.1 Å². The molecule has 1 saturated heterocycles. The van der Waals surface area contributed by atoms with Gasteiger partial charge in [-0.3, -0.25) is 5.10 Å². The highest BCUT2D eigenvalue weighted by Gasteiger charge is 2.29. The first-order chi connectivity index (χ1) is 11.7. The Kier molecular flexibility index (Phi) is 4.95. The number of hydrogen-bond acceptors (Lipinski definition) is 4. The van der Waals surface area contributed by atoms with Crippen LogP contribution in [0.4, 0.5) is 10.6 Å². The lowest BCUT2D eigenvalue weighted by atomic mass is 10.0. The number of nitrogens with one attached hydrogen (secondary N) is 1. The number of halogens is 1. The quantitative estimate of drug-likeness (QED) is 0.809. The van der Waals surface area contributed by atoms with E-state index in [9.17, 15) is 4.79 Å². The number of aromatic amines is 1. The fourth-order valence-electron chi connectivity index (χ4n) is 3.18. The van der Waals surface area contributed by atoms with Gasteiger partial charge in [0.1, 0.15) is 5.60 Å². The van der Waals surface area contributed by atoms with Gasteiger partial charge in [0.25, 0.3) is 0 Å². The fraction of sp³-hybridized carbons (Fsp3) is 0.556. The van der Waals surface area contributed by atoms with Crippen molar-refractivity contribution in [2.45, 2.75) is 45.3 Å². The average Bonchev–Trinajstić information content (AvgIpc) is 2.95. The minimum atomic E-state index is -0.451. The maximum absolute atomic E-state index is 12.2. The zero-order chi connectivity index (χ0) is 18.2. The third-order valence-corrected chi connectivity index (χ3v) is 5.00. The van der Waals surface area contributed by atoms with Crippen LogP contribution in [0.5, 0.6) is 0 Å². The van der Waals surface area contributed by atoms with Gasteiger partial charge >= 0.3 is 6.09 Å². The number of H-pyrrole nitrogens is 1. The van der Waals surface area contributed by atoms with E-state index in [0.29, 0.717) is 19.1 Å². The van der Waals surface area contributed by atoms with Crippen LogP contribution in [-0.4, -0.2) is 53.0 Å². The molecule has 0 atom stereocenters.